The van der Waals surface area contributed by atoms with Crippen LogP contribution in [-0.4, -0.2) is 27.5 Å². The molecule has 0 fully saturated rings. The molecule has 8 aromatic carbocycles. The Hall–Kier alpha value is -7.63. The summed E-state index contributed by atoms with van der Waals surface area (Å²) in [5.41, 5.74) is 13.4. The van der Waals surface area contributed by atoms with E-state index in [2.05, 4.69) is 173 Å². The standard InChI is InChI=1S/C53H39N5/c1-36-21-27-42(28-22-36)58-48-19-11-9-17-44(48)46-31-25-41(34-51(46)58)40-26-32-50-47(33-40)45-18-10-12-20-49(45)57(50)43-29-23-39(24-30-43)52(54-2)56-53(38-15-7-4-8-16-38)55-35-37-13-5-3-6-14-37/h3-34H,2,35H2,1H3. The first-order valence-corrected chi connectivity index (χ1v) is 19.6. The van der Waals surface area contributed by atoms with Crippen LogP contribution < -0.4 is 0 Å². The number of hydrogen-bond donors (Lipinski definition) is 0. The van der Waals surface area contributed by atoms with E-state index in [1.54, 1.807) is 0 Å². The van der Waals surface area contributed by atoms with Gasteiger partial charge in [-0.1, -0.05) is 133 Å². The number of aliphatic imine (C=N–C) groups is 3. The lowest BCUT2D eigenvalue weighted by atomic mass is 10.0. The topological polar surface area (TPSA) is 46.9 Å². The third kappa shape index (κ3) is 6.29. The van der Waals surface area contributed by atoms with Crippen molar-refractivity contribution in [2.75, 3.05) is 0 Å². The summed E-state index contributed by atoms with van der Waals surface area (Å²) >= 11 is 0. The summed E-state index contributed by atoms with van der Waals surface area (Å²) in [5.74, 6) is 1.14. The summed E-state index contributed by atoms with van der Waals surface area (Å²) in [6, 6.07) is 68.5. The largest absolute Gasteiger partial charge is 0.309 e. The van der Waals surface area contributed by atoms with Gasteiger partial charge in [0.1, 0.15) is 0 Å². The lowest BCUT2D eigenvalue weighted by Crippen LogP contribution is -2.06. The van der Waals surface area contributed by atoms with Gasteiger partial charge in [-0.25, -0.2) is 9.98 Å². The molecule has 0 amide bonds. The van der Waals surface area contributed by atoms with E-state index in [1.807, 2.05) is 48.5 Å². The molecule has 0 saturated heterocycles. The molecular weight excluding hydrogens is 707 g/mol. The van der Waals surface area contributed by atoms with Crippen LogP contribution >= 0.6 is 0 Å². The van der Waals surface area contributed by atoms with Crippen molar-refractivity contribution in [3.05, 3.63) is 216 Å². The summed E-state index contributed by atoms with van der Waals surface area (Å²) in [7, 11) is 0. The molecule has 0 aliphatic carbocycles. The second kappa shape index (κ2) is 14.8. The van der Waals surface area contributed by atoms with Crippen molar-refractivity contribution in [1.29, 1.82) is 0 Å². The smallest absolute Gasteiger partial charge is 0.161 e. The fraction of sp³-hybridized carbons (Fsp3) is 0.0377. The van der Waals surface area contributed by atoms with Crippen molar-refractivity contribution < 1.29 is 0 Å². The van der Waals surface area contributed by atoms with E-state index in [4.69, 9.17) is 9.98 Å². The highest BCUT2D eigenvalue weighted by atomic mass is 15.0. The molecule has 0 bridgehead atoms. The van der Waals surface area contributed by atoms with Gasteiger partial charge in [0.15, 0.2) is 11.7 Å². The minimum atomic E-state index is 0.514. The number of fused-ring (bicyclic) bond motifs is 6. The van der Waals surface area contributed by atoms with E-state index in [0.717, 1.165) is 39.1 Å². The molecule has 2 aromatic heterocycles. The van der Waals surface area contributed by atoms with Gasteiger partial charge in [-0.15, -0.1) is 0 Å². The number of aromatic nitrogens is 2. The molecule has 0 aliphatic rings. The SMILES string of the molecule is C=NC(=NC(=NCc1ccccc1)c1ccccc1)c1ccc(-n2c3ccccc3c3cc(-c4ccc5c6ccccc6n(-c6ccc(C)cc6)c5c4)ccc32)cc1. The van der Waals surface area contributed by atoms with Gasteiger partial charge in [0.25, 0.3) is 0 Å². The first kappa shape index (κ1) is 34.8. The maximum absolute atomic E-state index is 4.97. The van der Waals surface area contributed by atoms with Gasteiger partial charge in [0, 0.05) is 44.0 Å². The molecule has 0 atom stereocenters. The van der Waals surface area contributed by atoms with Crippen LogP contribution in [0, 0.1) is 6.92 Å². The highest BCUT2D eigenvalue weighted by molar-refractivity contribution is 6.14. The second-order valence-corrected chi connectivity index (χ2v) is 14.6. The first-order chi connectivity index (χ1) is 28.6. The normalized spacial score (nSPS) is 12.2. The quantitative estimate of drug-likeness (QED) is 0.115. The second-order valence-electron chi connectivity index (χ2n) is 14.6. The Morgan fingerprint density at radius 3 is 1.66 bits per heavy atom. The van der Waals surface area contributed by atoms with Gasteiger partial charge < -0.3 is 9.13 Å². The lowest BCUT2D eigenvalue weighted by molar-refractivity contribution is 1.06. The minimum Gasteiger partial charge on any atom is -0.309 e. The molecule has 5 nitrogen and oxygen atoms in total. The van der Waals surface area contributed by atoms with Crippen LogP contribution in [0.5, 0.6) is 0 Å². The van der Waals surface area contributed by atoms with Crippen molar-refractivity contribution >= 4 is 62.0 Å². The number of amidine groups is 2. The maximum atomic E-state index is 4.97. The Bertz CT molecular complexity index is 3190. The Balaban J connectivity index is 1.04. The number of nitrogens with zero attached hydrogens (tertiary/aromatic N) is 5. The molecule has 10 rings (SSSR count). The zero-order chi connectivity index (χ0) is 39.0. The molecule has 5 heteroatoms. The fourth-order valence-electron chi connectivity index (χ4n) is 8.13. The van der Waals surface area contributed by atoms with E-state index in [9.17, 15) is 0 Å². The summed E-state index contributed by atoms with van der Waals surface area (Å²) in [6.07, 6.45) is 0. The summed E-state index contributed by atoms with van der Waals surface area (Å²) in [5, 5.41) is 4.91. The average molecular weight is 746 g/mol. The third-order valence-corrected chi connectivity index (χ3v) is 11.0. The number of hydrogen-bond acceptors (Lipinski definition) is 1. The molecule has 0 spiro atoms. The first-order valence-electron chi connectivity index (χ1n) is 19.6. The number of rotatable bonds is 7. The predicted octanol–water partition coefficient (Wildman–Crippen LogP) is 13.0. The molecule has 276 valence electrons. The van der Waals surface area contributed by atoms with Crippen molar-refractivity contribution in [2.24, 2.45) is 15.0 Å². The molecule has 0 N–H and O–H groups in total. The lowest BCUT2D eigenvalue weighted by Gasteiger charge is -2.11. The molecule has 0 unspecified atom stereocenters. The zero-order valence-corrected chi connectivity index (χ0v) is 32.1. The van der Waals surface area contributed by atoms with Gasteiger partial charge in [-0.3, -0.25) is 4.99 Å². The monoisotopic (exact) mass is 745 g/mol. The van der Waals surface area contributed by atoms with E-state index >= 15 is 0 Å². The third-order valence-electron chi connectivity index (χ3n) is 11.0. The number of para-hydroxylation sites is 2. The van der Waals surface area contributed by atoms with Gasteiger partial charge in [0.2, 0.25) is 0 Å². The van der Waals surface area contributed by atoms with Crippen LogP contribution in [0.3, 0.4) is 0 Å². The van der Waals surface area contributed by atoms with Crippen molar-refractivity contribution in [3.63, 3.8) is 0 Å². The molecule has 2 heterocycles. The maximum Gasteiger partial charge on any atom is 0.161 e. The molecular formula is C53H39N5. The van der Waals surface area contributed by atoms with Crippen LogP contribution in [0.4, 0.5) is 0 Å². The summed E-state index contributed by atoms with van der Waals surface area (Å²) < 4.78 is 4.73. The Kier molecular flexibility index (Phi) is 8.88. The van der Waals surface area contributed by atoms with Crippen molar-refractivity contribution in [2.45, 2.75) is 13.5 Å². The molecule has 58 heavy (non-hydrogen) atoms. The minimum absolute atomic E-state index is 0.514. The molecule has 10 aromatic rings. The fourth-order valence-corrected chi connectivity index (χ4v) is 8.13. The van der Waals surface area contributed by atoms with Crippen LogP contribution in [0.2, 0.25) is 0 Å². The van der Waals surface area contributed by atoms with Crippen LogP contribution in [0.15, 0.2) is 209 Å². The van der Waals surface area contributed by atoms with Gasteiger partial charge >= 0.3 is 0 Å². The van der Waals surface area contributed by atoms with Gasteiger partial charge in [-0.2, -0.15) is 0 Å². The van der Waals surface area contributed by atoms with Crippen LogP contribution in [0.1, 0.15) is 22.3 Å². The Morgan fingerprint density at radius 2 is 0.966 bits per heavy atom. The molecule has 0 aliphatic heterocycles. The Labute approximate surface area is 337 Å². The molecule has 0 radical (unpaired) electrons. The summed E-state index contributed by atoms with van der Waals surface area (Å²) in [4.78, 5) is 14.3. The van der Waals surface area contributed by atoms with Crippen molar-refractivity contribution in [3.8, 4) is 22.5 Å². The predicted molar refractivity (Wildman–Crippen MR) is 245 cm³/mol. The highest BCUT2D eigenvalue weighted by Gasteiger charge is 2.17. The van der Waals surface area contributed by atoms with Crippen LogP contribution in [0.25, 0.3) is 66.1 Å². The highest BCUT2D eigenvalue weighted by Crippen LogP contribution is 2.38. The average Bonchev–Trinajstić information content (AvgIpc) is 3.80. The van der Waals surface area contributed by atoms with Gasteiger partial charge in [-0.05, 0) is 97.1 Å². The van der Waals surface area contributed by atoms with Gasteiger partial charge in [0.05, 0.1) is 28.6 Å². The van der Waals surface area contributed by atoms with Crippen LogP contribution in [-0.2, 0) is 6.54 Å². The van der Waals surface area contributed by atoms with E-state index in [0.29, 0.717) is 18.2 Å². The number of benzene rings is 8. The van der Waals surface area contributed by atoms with Crippen molar-refractivity contribution in [1.82, 2.24) is 9.13 Å². The van der Waals surface area contributed by atoms with E-state index < -0.39 is 0 Å². The van der Waals surface area contributed by atoms with E-state index in [-0.39, 0.29) is 0 Å². The summed E-state index contributed by atoms with van der Waals surface area (Å²) in [6.45, 7) is 6.55. The molecule has 0 saturated carbocycles. The van der Waals surface area contributed by atoms with E-state index in [1.165, 1.54) is 49.3 Å². The zero-order valence-electron chi connectivity index (χ0n) is 32.1. The number of aryl methyl sites for hydroxylation is 1. The Morgan fingerprint density at radius 1 is 0.448 bits per heavy atom.